The number of nitrogens with zero attached hydrogens (tertiary/aromatic N) is 2. The Bertz CT molecular complexity index is 833. The minimum atomic E-state index is 0.132. The maximum absolute atomic E-state index is 12.4. The fourth-order valence-corrected chi connectivity index (χ4v) is 2.91. The third kappa shape index (κ3) is 3.03. The predicted octanol–water partition coefficient (Wildman–Crippen LogP) is 2.90. The van der Waals surface area contributed by atoms with Gasteiger partial charge in [-0.05, 0) is 29.8 Å². The smallest absolute Gasteiger partial charge is 0.227 e. The Kier molecular flexibility index (Phi) is 4.01. The molecule has 5 nitrogen and oxygen atoms in total. The summed E-state index contributed by atoms with van der Waals surface area (Å²) in [4.78, 5) is 18.8. The van der Waals surface area contributed by atoms with E-state index in [4.69, 9.17) is 9.15 Å². The van der Waals surface area contributed by atoms with Crippen molar-refractivity contribution in [3.63, 3.8) is 0 Å². The van der Waals surface area contributed by atoms with Gasteiger partial charge in [0, 0.05) is 18.7 Å². The van der Waals surface area contributed by atoms with E-state index in [0.717, 1.165) is 22.2 Å². The third-order valence-corrected chi connectivity index (χ3v) is 4.19. The van der Waals surface area contributed by atoms with Crippen molar-refractivity contribution in [2.24, 2.45) is 0 Å². The molecule has 1 aromatic heterocycles. The van der Waals surface area contributed by atoms with Crippen LogP contribution in [0.5, 0.6) is 0 Å². The molecule has 24 heavy (non-hydrogen) atoms. The number of morpholine rings is 1. The summed E-state index contributed by atoms with van der Waals surface area (Å²) in [6, 6.07) is 15.5. The summed E-state index contributed by atoms with van der Waals surface area (Å²) < 4.78 is 11.1. The topological polar surface area (TPSA) is 55.6 Å². The number of fused-ring (bicyclic) bond motifs is 1. The van der Waals surface area contributed by atoms with Crippen LogP contribution < -0.4 is 0 Å². The Labute approximate surface area is 139 Å². The lowest BCUT2D eigenvalue weighted by Gasteiger charge is -2.26. The number of rotatable bonds is 3. The van der Waals surface area contributed by atoms with Gasteiger partial charge in [0.05, 0.1) is 19.6 Å². The van der Waals surface area contributed by atoms with Crippen LogP contribution in [0.2, 0.25) is 0 Å². The van der Waals surface area contributed by atoms with Gasteiger partial charge < -0.3 is 14.1 Å². The Morgan fingerprint density at radius 3 is 2.75 bits per heavy atom. The molecule has 2 aromatic carbocycles. The Morgan fingerprint density at radius 2 is 1.92 bits per heavy atom. The molecule has 122 valence electrons. The van der Waals surface area contributed by atoms with Gasteiger partial charge in [0.25, 0.3) is 0 Å². The average molecular weight is 322 g/mol. The minimum Gasteiger partial charge on any atom is -0.436 e. The largest absolute Gasteiger partial charge is 0.436 e. The van der Waals surface area contributed by atoms with Crippen LogP contribution in [0.1, 0.15) is 5.56 Å². The number of carbonyl (C=O) groups is 1. The second-order valence-corrected chi connectivity index (χ2v) is 5.86. The lowest BCUT2D eigenvalue weighted by atomic mass is 10.1. The van der Waals surface area contributed by atoms with E-state index in [2.05, 4.69) is 4.98 Å². The summed E-state index contributed by atoms with van der Waals surface area (Å²) in [5, 5.41) is 0. The summed E-state index contributed by atoms with van der Waals surface area (Å²) in [7, 11) is 0. The molecular weight excluding hydrogens is 304 g/mol. The highest BCUT2D eigenvalue weighted by atomic mass is 16.5. The lowest BCUT2D eigenvalue weighted by molar-refractivity contribution is -0.134. The zero-order chi connectivity index (χ0) is 16.4. The highest BCUT2D eigenvalue weighted by Crippen LogP contribution is 2.25. The molecule has 1 fully saturated rings. The van der Waals surface area contributed by atoms with E-state index in [1.807, 2.05) is 53.4 Å². The van der Waals surface area contributed by atoms with E-state index in [9.17, 15) is 4.79 Å². The number of hydrogen-bond donors (Lipinski definition) is 0. The molecule has 0 radical (unpaired) electrons. The quantitative estimate of drug-likeness (QED) is 0.744. The van der Waals surface area contributed by atoms with Crippen molar-refractivity contribution >= 4 is 17.0 Å². The van der Waals surface area contributed by atoms with Crippen molar-refractivity contribution in [3.05, 3.63) is 54.1 Å². The molecule has 0 aliphatic carbocycles. The Morgan fingerprint density at radius 1 is 1.08 bits per heavy atom. The second-order valence-electron chi connectivity index (χ2n) is 5.86. The van der Waals surface area contributed by atoms with Gasteiger partial charge in [0.15, 0.2) is 5.58 Å². The predicted molar refractivity (Wildman–Crippen MR) is 90.5 cm³/mol. The fourth-order valence-electron chi connectivity index (χ4n) is 2.91. The summed E-state index contributed by atoms with van der Waals surface area (Å²) >= 11 is 0. The number of benzene rings is 2. The first kappa shape index (κ1) is 14.9. The molecule has 2 heterocycles. The van der Waals surface area contributed by atoms with E-state index in [1.165, 1.54) is 0 Å². The SMILES string of the molecule is O=C(Cc1cccc(-c2nc3ccccc3o2)c1)N1CCOCC1. The van der Waals surface area contributed by atoms with Gasteiger partial charge >= 0.3 is 0 Å². The van der Waals surface area contributed by atoms with Crippen LogP contribution in [0.25, 0.3) is 22.6 Å². The van der Waals surface area contributed by atoms with Crippen molar-refractivity contribution < 1.29 is 13.9 Å². The molecule has 5 heteroatoms. The number of para-hydroxylation sites is 2. The summed E-state index contributed by atoms with van der Waals surface area (Å²) in [6.45, 7) is 2.58. The van der Waals surface area contributed by atoms with Crippen molar-refractivity contribution in [2.75, 3.05) is 26.3 Å². The molecule has 1 saturated heterocycles. The minimum absolute atomic E-state index is 0.132. The summed E-state index contributed by atoms with van der Waals surface area (Å²) in [5.74, 6) is 0.713. The molecule has 0 bridgehead atoms. The van der Waals surface area contributed by atoms with Crippen LogP contribution in [0.4, 0.5) is 0 Å². The van der Waals surface area contributed by atoms with E-state index in [1.54, 1.807) is 0 Å². The average Bonchev–Trinajstić information content (AvgIpc) is 3.07. The highest BCUT2D eigenvalue weighted by Gasteiger charge is 2.17. The fraction of sp³-hybridized carbons (Fsp3) is 0.263. The molecule has 4 rings (SSSR count). The zero-order valence-electron chi connectivity index (χ0n) is 13.3. The number of ether oxygens (including phenoxy) is 1. The van der Waals surface area contributed by atoms with Crippen molar-refractivity contribution in [1.29, 1.82) is 0 Å². The molecule has 0 spiro atoms. The molecule has 0 atom stereocenters. The van der Waals surface area contributed by atoms with E-state index in [-0.39, 0.29) is 5.91 Å². The third-order valence-electron chi connectivity index (χ3n) is 4.19. The second kappa shape index (κ2) is 6.45. The molecule has 1 aliphatic heterocycles. The van der Waals surface area contributed by atoms with Gasteiger partial charge in [0.1, 0.15) is 5.52 Å². The summed E-state index contributed by atoms with van der Waals surface area (Å²) in [6.07, 6.45) is 0.383. The zero-order valence-corrected chi connectivity index (χ0v) is 13.3. The first-order chi connectivity index (χ1) is 11.8. The van der Waals surface area contributed by atoms with Crippen LogP contribution >= 0.6 is 0 Å². The first-order valence-corrected chi connectivity index (χ1v) is 8.10. The summed E-state index contributed by atoms with van der Waals surface area (Å²) in [5.41, 5.74) is 3.45. The molecule has 1 aliphatic rings. The van der Waals surface area contributed by atoms with Crippen LogP contribution in [-0.2, 0) is 16.0 Å². The van der Waals surface area contributed by atoms with Crippen LogP contribution in [-0.4, -0.2) is 42.1 Å². The Hall–Kier alpha value is -2.66. The standard InChI is InChI=1S/C19H18N2O3/c22-18(21-8-10-23-11-9-21)13-14-4-3-5-15(12-14)19-20-16-6-1-2-7-17(16)24-19/h1-7,12H,8-11,13H2. The maximum atomic E-state index is 12.4. The monoisotopic (exact) mass is 322 g/mol. The van der Waals surface area contributed by atoms with E-state index >= 15 is 0 Å². The number of hydrogen-bond acceptors (Lipinski definition) is 4. The van der Waals surface area contributed by atoms with Crippen molar-refractivity contribution in [3.8, 4) is 11.5 Å². The van der Waals surface area contributed by atoms with Gasteiger partial charge in [-0.3, -0.25) is 4.79 Å². The molecule has 3 aromatic rings. The lowest BCUT2D eigenvalue weighted by Crippen LogP contribution is -2.41. The van der Waals surface area contributed by atoms with E-state index in [0.29, 0.717) is 38.6 Å². The van der Waals surface area contributed by atoms with Crippen molar-refractivity contribution in [2.45, 2.75) is 6.42 Å². The molecule has 1 amide bonds. The number of carbonyl (C=O) groups excluding carboxylic acids is 1. The molecular formula is C19H18N2O3. The highest BCUT2D eigenvalue weighted by molar-refractivity contribution is 5.80. The number of oxazole rings is 1. The number of aromatic nitrogens is 1. The number of amides is 1. The maximum Gasteiger partial charge on any atom is 0.227 e. The van der Waals surface area contributed by atoms with E-state index < -0.39 is 0 Å². The van der Waals surface area contributed by atoms with Gasteiger partial charge in [-0.1, -0.05) is 24.3 Å². The first-order valence-electron chi connectivity index (χ1n) is 8.10. The van der Waals surface area contributed by atoms with Crippen molar-refractivity contribution in [1.82, 2.24) is 9.88 Å². The normalized spacial score (nSPS) is 14.9. The molecule has 0 saturated carbocycles. The van der Waals surface area contributed by atoms with Crippen LogP contribution in [0.3, 0.4) is 0 Å². The van der Waals surface area contributed by atoms with Crippen LogP contribution in [0, 0.1) is 0 Å². The van der Waals surface area contributed by atoms with Gasteiger partial charge in [-0.2, -0.15) is 0 Å². The molecule has 0 N–H and O–H groups in total. The van der Waals surface area contributed by atoms with Gasteiger partial charge in [0.2, 0.25) is 11.8 Å². The van der Waals surface area contributed by atoms with Gasteiger partial charge in [-0.15, -0.1) is 0 Å². The Balaban J connectivity index is 1.55. The van der Waals surface area contributed by atoms with Crippen LogP contribution in [0.15, 0.2) is 52.9 Å². The van der Waals surface area contributed by atoms with Gasteiger partial charge in [-0.25, -0.2) is 4.98 Å². The molecule has 0 unspecified atom stereocenters.